The smallest absolute Gasteiger partial charge is 0.113 e. The summed E-state index contributed by atoms with van der Waals surface area (Å²) in [6, 6.07) is 2.52. The monoisotopic (exact) mass is 244 g/mol. The summed E-state index contributed by atoms with van der Waals surface area (Å²) < 4.78 is 2.38. The molecule has 3 heterocycles. The molecule has 4 heteroatoms. The molecule has 0 spiro atoms. The Morgan fingerprint density at radius 3 is 2.83 bits per heavy atom. The second-order valence-electron chi connectivity index (χ2n) is 5.32. The largest absolute Gasteiger partial charge is 0.325 e. The van der Waals surface area contributed by atoms with Gasteiger partial charge in [-0.15, -0.1) is 0 Å². The van der Waals surface area contributed by atoms with Crippen molar-refractivity contribution in [3.05, 3.63) is 24.3 Å². The van der Waals surface area contributed by atoms with E-state index in [0.717, 1.165) is 18.6 Å². The van der Waals surface area contributed by atoms with Crippen molar-refractivity contribution in [3.63, 3.8) is 0 Å². The summed E-state index contributed by atoms with van der Waals surface area (Å²) in [4.78, 5) is 9.01. The van der Waals surface area contributed by atoms with Crippen LogP contribution in [0.25, 0.3) is 11.0 Å². The average molecular weight is 244 g/mol. The Morgan fingerprint density at radius 1 is 1.33 bits per heavy atom. The number of rotatable bonds is 2. The highest BCUT2D eigenvalue weighted by molar-refractivity contribution is 5.75. The average Bonchev–Trinajstić information content (AvgIpc) is 2.79. The Kier molecular flexibility index (Phi) is 3.04. The molecule has 18 heavy (non-hydrogen) atoms. The molecular weight excluding hydrogens is 224 g/mol. The lowest BCUT2D eigenvalue weighted by Crippen LogP contribution is -2.28. The van der Waals surface area contributed by atoms with Gasteiger partial charge in [-0.25, -0.2) is 4.98 Å². The number of piperidine rings is 1. The van der Waals surface area contributed by atoms with Gasteiger partial charge < -0.3 is 9.88 Å². The molecule has 1 aliphatic rings. The number of hydrogen-bond acceptors (Lipinski definition) is 3. The van der Waals surface area contributed by atoms with Crippen LogP contribution in [0.3, 0.4) is 0 Å². The second-order valence-corrected chi connectivity index (χ2v) is 5.32. The summed E-state index contributed by atoms with van der Waals surface area (Å²) in [5.41, 5.74) is 2.24. The Hall–Kier alpha value is -1.42. The molecule has 0 aliphatic carbocycles. The third kappa shape index (κ3) is 1.90. The van der Waals surface area contributed by atoms with Crippen LogP contribution < -0.4 is 5.32 Å². The van der Waals surface area contributed by atoms with E-state index in [1.165, 1.54) is 24.2 Å². The zero-order valence-corrected chi connectivity index (χ0v) is 11.1. The number of aromatic nitrogens is 3. The lowest BCUT2D eigenvalue weighted by Gasteiger charge is -2.24. The van der Waals surface area contributed by atoms with Crippen LogP contribution in [0, 0.1) is 0 Å². The van der Waals surface area contributed by atoms with Crippen molar-refractivity contribution >= 4 is 11.0 Å². The van der Waals surface area contributed by atoms with Crippen LogP contribution in [0.5, 0.6) is 0 Å². The first-order chi connectivity index (χ1) is 8.77. The highest BCUT2D eigenvalue weighted by Crippen LogP contribution is 2.30. The summed E-state index contributed by atoms with van der Waals surface area (Å²) in [6.45, 7) is 6.66. The van der Waals surface area contributed by atoms with E-state index in [0.29, 0.717) is 12.0 Å². The molecule has 0 saturated carbocycles. The maximum Gasteiger partial charge on any atom is 0.113 e. The minimum atomic E-state index is 0.447. The van der Waals surface area contributed by atoms with Crippen molar-refractivity contribution < 1.29 is 0 Å². The molecule has 0 radical (unpaired) electrons. The van der Waals surface area contributed by atoms with Gasteiger partial charge in [0.1, 0.15) is 11.3 Å². The van der Waals surface area contributed by atoms with Crippen molar-refractivity contribution in [2.75, 3.05) is 13.1 Å². The highest BCUT2D eigenvalue weighted by Gasteiger charge is 2.23. The minimum Gasteiger partial charge on any atom is -0.325 e. The van der Waals surface area contributed by atoms with Gasteiger partial charge >= 0.3 is 0 Å². The first-order valence-electron chi connectivity index (χ1n) is 6.80. The third-order valence-corrected chi connectivity index (χ3v) is 3.74. The molecule has 1 saturated heterocycles. The van der Waals surface area contributed by atoms with Crippen LogP contribution in [0.2, 0.25) is 0 Å². The van der Waals surface area contributed by atoms with Crippen LogP contribution in [0.1, 0.15) is 44.5 Å². The molecule has 2 aromatic heterocycles. The van der Waals surface area contributed by atoms with E-state index in [4.69, 9.17) is 4.98 Å². The van der Waals surface area contributed by atoms with Gasteiger partial charge in [0.2, 0.25) is 0 Å². The van der Waals surface area contributed by atoms with E-state index in [9.17, 15) is 0 Å². The molecule has 96 valence electrons. The second kappa shape index (κ2) is 4.69. The SMILES string of the molecule is CC(C)n1c(C2CCNCC2)nc2cnccc21. The maximum atomic E-state index is 4.83. The predicted octanol–water partition coefficient (Wildman–Crippen LogP) is 2.48. The van der Waals surface area contributed by atoms with Gasteiger partial charge in [-0.05, 0) is 45.8 Å². The Morgan fingerprint density at radius 2 is 2.11 bits per heavy atom. The predicted molar refractivity (Wildman–Crippen MR) is 72.8 cm³/mol. The van der Waals surface area contributed by atoms with Gasteiger partial charge in [0.05, 0.1) is 11.7 Å². The number of imidazole rings is 1. The molecule has 0 atom stereocenters. The van der Waals surface area contributed by atoms with E-state index in [-0.39, 0.29) is 0 Å². The van der Waals surface area contributed by atoms with E-state index in [1.54, 1.807) is 0 Å². The Balaban J connectivity index is 2.11. The maximum absolute atomic E-state index is 4.83. The fraction of sp³-hybridized carbons (Fsp3) is 0.571. The van der Waals surface area contributed by atoms with E-state index < -0.39 is 0 Å². The van der Waals surface area contributed by atoms with E-state index >= 15 is 0 Å². The Labute approximate surface area is 107 Å². The summed E-state index contributed by atoms with van der Waals surface area (Å²) in [7, 11) is 0. The molecule has 4 nitrogen and oxygen atoms in total. The van der Waals surface area contributed by atoms with Gasteiger partial charge in [0, 0.05) is 18.2 Å². The van der Waals surface area contributed by atoms with Gasteiger partial charge in [-0.2, -0.15) is 0 Å². The third-order valence-electron chi connectivity index (χ3n) is 3.74. The van der Waals surface area contributed by atoms with E-state index in [2.05, 4.69) is 34.8 Å². The Bertz CT molecular complexity index is 538. The topological polar surface area (TPSA) is 42.7 Å². The van der Waals surface area contributed by atoms with Crippen molar-refractivity contribution in [2.24, 2.45) is 0 Å². The molecular formula is C14H20N4. The van der Waals surface area contributed by atoms with Crippen molar-refractivity contribution in [3.8, 4) is 0 Å². The van der Waals surface area contributed by atoms with Crippen LogP contribution in [0.4, 0.5) is 0 Å². The van der Waals surface area contributed by atoms with Gasteiger partial charge in [-0.3, -0.25) is 4.98 Å². The normalized spacial score (nSPS) is 17.7. The van der Waals surface area contributed by atoms with Crippen LogP contribution >= 0.6 is 0 Å². The fourth-order valence-corrected chi connectivity index (χ4v) is 2.88. The first-order valence-corrected chi connectivity index (χ1v) is 6.80. The molecule has 0 unspecified atom stereocenters. The fourth-order valence-electron chi connectivity index (χ4n) is 2.88. The zero-order valence-electron chi connectivity index (χ0n) is 11.1. The summed E-state index contributed by atoms with van der Waals surface area (Å²) in [5, 5.41) is 3.42. The van der Waals surface area contributed by atoms with Gasteiger partial charge in [-0.1, -0.05) is 0 Å². The molecule has 0 bridgehead atoms. The standard InChI is InChI=1S/C14H20N4/c1-10(2)18-13-5-8-16-9-12(13)17-14(18)11-3-6-15-7-4-11/h5,8-11,15H,3-4,6-7H2,1-2H3. The number of nitrogens with one attached hydrogen (secondary N) is 1. The van der Waals surface area contributed by atoms with Crippen LogP contribution in [0.15, 0.2) is 18.5 Å². The number of nitrogens with zero attached hydrogens (tertiary/aromatic N) is 3. The van der Waals surface area contributed by atoms with Crippen molar-refractivity contribution in [2.45, 2.75) is 38.6 Å². The van der Waals surface area contributed by atoms with Crippen molar-refractivity contribution in [1.29, 1.82) is 0 Å². The molecule has 1 N–H and O–H groups in total. The molecule has 2 aromatic rings. The lowest BCUT2D eigenvalue weighted by molar-refractivity contribution is 0.423. The van der Waals surface area contributed by atoms with Crippen LogP contribution in [-0.4, -0.2) is 27.6 Å². The van der Waals surface area contributed by atoms with Gasteiger partial charge in [0.25, 0.3) is 0 Å². The van der Waals surface area contributed by atoms with Gasteiger partial charge in [0.15, 0.2) is 0 Å². The first kappa shape index (κ1) is 11.7. The summed E-state index contributed by atoms with van der Waals surface area (Å²) in [6.07, 6.45) is 6.10. The quantitative estimate of drug-likeness (QED) is 0.882. The molecule has 3 rings (SSSR count). The lowest BCUT2D eigenvalue weighted by atomic mass is 9.97. The van der Waals surface area contributed by atoms with E-state index in [1.807, 2.05) is 12.4 Å². The summed E-state index contributed by atoms with van der Waals surface area (Å²) >= 11 is 0. The zero-order chi connectivity index (χ0) is 12.5. The minimum absolute atomic E-state index is 0.447. The highest BCUT2D eigenvalue weighted by atomic mass is 15.1. The van der Waals surface area contributed by atoms with Crippen molar-refractivity contribution in [1.82, 2.24) is 19.9 Å². The van der Waals surface area contributed by atoms with Crippen LogP contribution in [-0.2, 0) is 0 Å². The number of hydrogen-bond donors (Lipinski definition) is 1. The number of fused-ring (bicyclic) bond motifs is 1. The summed E-state index contributed by atoms with van der Waals surface area (Å²) in [5.74, 6) is 1.83. The molecule has 0 amide bonds. The molecule has 0 aromatic carbocycles. The number of pyridine rings is 1. The molecule has 1 aliphatic heterocycles. The molecule has 1 fully saturated rings.